The van der Waals surface area contributed by atoms with E-state index in [0.717, 1.165) is 10.0 Å². The Morgan fingerprint density at radius 1 is 1.16 bits per heavy atom. The van der Waals surface area contributed by atoms with Crippen LogP contribution in [0.3, 0.4) is 0 Å². The summed E-state index contributed by atoms with van der Waals surface area (Å²) in [5, 5.41) is 6.32. The van der Waals surface area contributed by atoms with Crippen LogP contribution < -0.4 is 15.5 Å². The Labute approximate surface area is 154 Å². The Morgan fingerprint density at radius 2 is 1.88 bits per heavy atom. The number of ether oxygens (including phenoxy) is 1. The lowest BCUT2D eigenvalue weighted by molar-refractivity contribution is -0.136. The second-order valence-corrected chi connectivity index (χ2v) is 6.05. The Kier molecular flexibility index (Phi) is 6.71. The SMILES string of the molecule is CCOc1ccc(Br)cc1C=NNC(=O)C(=O)Nc1ccc(C)cc1. The van der Waals surface area contributed by atoms with Crippen molar-refractivity contribution < 1.29 is 14.3 Å². The number of anilines is 1. The number of aryl methyl sites for hydroxylation is 1. The topological polar surface area (TPSA) is 79.8 Å². The minimum atomic E-state index is -0.857. The maximum absolute atomic E-state index is 11.8. The number of carbonyl (C=O) groups excluding carboxylic acids is 2. The maximum atomic E-state index is 11.8. The molecule has 0 spiro atoms. The standard InChI is InChI=1S/C18H18BrN3O3/c1-3-25-16-9-6-14(19)10-13(16)11-20-22-18(24)17(23)21-15-7-4-12(2)5-8-15/h4-11H,3H2,1-2H3,(H,21,23)(H,22,24). The van der Waals surface area contributed by atoms with Gasteiger partial charge in [-0.1, -0.05) is 33.6 Å². The number of nitrogens with one attached hydrogen (secondary N) is 2. The van der Waals surface area contributed by atoms with E-state index in [-0.39, 0.29) is 0 Å². The van der Waals surface area contributed by atoms with Crippen molar-refractivity contribution in [2.45, 2.75) is 13.8 Å². The summed E-state index contributed by atoms with van der Waals surface area (Å²) in [6, 6.07) is 12.6. The average molecular weight is 404 g/mol. The number of rotatable bonds is 5. The van der Waals surface area contributed by atoms with Crippen LogP contribution in [0.4, 0.5) is 5.69 Å². The van der Waals surface area contributed by atoms with Crippen molar-refractivity contribution in [3.8, 4) is 5.75 Å². The van der Waals surface area contributed by atoms with Crippen molar-refractivity contribution in [1.29, 1.82) is 0 Å². The maximum Gasteiger partial charge on any atom is 0.329 e. The highest BCUT2D eigenvalue weighted by Gasteiger charge is 2.12. The lowest BCUT2D eigenvalue weighted by atomic mass is 10.2. The minimum Gasteiger partial charge on any atom is -0.493 e. The molecule has 2 aromatic rings. The molecule has 25 heavy (non-hydrogen) atoms. The highest BCUT2D eigenvalue weighted by atomic mass is 79.9. The van der Waals surface area contributed by atoms with Crippen LogP contribution in [0.15, 0.2) is 52.0 Å². The van der Waals surface area contributed by atoms with Gasteiger partial charge in [-0.3, -0.25) is 9.59 Å². The van der Waals surface area contributed by atoms with Crippen LogP contribution in [0, 0.1) is 6.92 Å². The van der Waals surface area contributed by atoms with Gasteiger partial charge in [-0.15, -0.1) is 0 Å². The molecule has 0 fully saturated rings. The molecule has 6 nitrogen and oxygen atoms in total. The molecule has 0 saturated heterocycles. The predicted molar refractivity (Wildman–Crippen MR) is 101 cm³/mol. The summed E-state index contributed by atoms with van der Waals surface area (Å²) in [6.07, 6.45) is 1.42. The van der Waals surface area contributed by atoms with Crippen molar-refractivity contribution >= 4 is 39.6 Å². The van der Waals surface area contributed by atoms with Gasteiger partial charge in [0.1, 0.15) is 5.75 Å². The fraction of sp³-hybridized carbons (Fsp3) is 0.167. The van der Waals surface area contributed by atoms with Crippen LogP contribution >= 0.6 is 15.9 Å². The molecule has 2 aromatic carbocycles. The molecule has 0 radical (unpaired) electrons. The third-order valence-corrected chi connectivity index (χ3v) is 3.65. The fourth-order valence-corrected chi connectivity index (χ4v) is 2.32. The van der Waals surface area contributed by atoms with Gasteiger partial charge >= 0.3 is 11.8 Å². The first-order valence-electron chi connectivity index (χ1n) is 7.63. The van der Waals surface area contributed by atoms with Gasteiger partial charge < -0.3 is 10.1 Å². The minimum absolute atomic E-state index is 0.508. The fourth-order valence-electron chi connectivity index (χ4n) is 1.94. The van der Waals surface area contributed by atoms with E-state index in [9.17, 15) is 9.59 Å². The summed E-state index contributed by atoms with van der Waals surface area (Å²) >= 11 is 3.36. The first-order chi connectivity index (χ1) is 12.0. The van der Waals surface area contributed by atoms with Crippen LogP contribution in [0.25, 0.3) is 0 Å². The zero-order chi connectivity index (χ0) is 18.2. The second-order valence-electron chi connectivity index (χ2n) is 5.13. The van der Waals surface area contributed by atoms with E-state index < -0.39 is 11.8 Å². The highest BCUT2D eigenvalue weighted by molar-refractivity contribution is 9.10. The molecule has 2 rings (SSSR count). The molecule has 0 unspecified atom stereocenters. The molecule has 2 amide bonds. The van der Waals surface area contributed by atoms with Crippen molar-refractivity contribution in [3.05, 3.63) is 58.1 Å². The molecule has 0 bridgehead atoms. The number of benzene rings is 2. The Hall–Kier alpha value is -2.67. The summed E-state index contributed by atoms with van der Waals surface area (Å²) in [5.74, 6) is -1.02. The molecule has 130 valence electrons. The van der Waals surface area contributed by atoms with Crippen LogP contribution in [0.2, 0.25) is 0 Å². The molecular weight excluding hydrogens is 386 g/mol. The smallest absolute Gasteiger partial charge is 0.329 e. The van der Waals surface area contributed by atoms with E-state index >= 15 is 0 Å². The van der Waals surface area contributed by atoms with E-state index in [1.165, 1.54) is 6.21 Å². The van der Waals surface area contributed by atoms with E-state index in [1.54, 1.807) is 24.3 Å². The lowest BCUT2D eigenvalue weighted by Gasteiger charge is -2.07. The highest BCUT2D eigenvalue weighted by Crippen LogP contribution is 2.21. The summed E-state index contributed by atoms with van der Waals surface area (Å²) in [5.41, 5.74) is 4.48. The largest absolute Gasteiger partial charge is 0.493 e. The van der Waals surface area contributed by atoms with Crippen LogP contribution in [-0.4, -0.2) is 24.6 Å². The molecule has 2 N–H and O–H groups in total. The van der Waals surface area contributed by atoms with E-state index in [0.29, 0.717) is 23.6 Å². The summed E-state index contributed by atoms with van der Waals surface area (Å²) in [4.78, 5) is 23.6. The van der Waals surface area contributed by atoms with E-state index in [2.05, 4.69) is 31.8 Å². The number of hydrazone groups is 1. The number of hydrogen-bond donors (Lipinski definition) is 2. The summed E-state index contributed by atoms with van der Waals surface area (Å²) in [6.45, 7) is 4.32. The number of nitrogens with zero attached hydrogens (tertiary/aromatic N) is 1. The van der Waals surface area contributed by atoms with Gasteiger partial charge in [-0.05, 0) is 44.2 Å². The normalized spacial score (nSPS) is 10.5. The van der Waals surface area contributed by atoms with Gasteiger partial charge in [0.15, 0.2) is 0 Å². The van der Waals surface area contributed by atoms with Crippen LogP contribution in [0.5, 0.6) is 5.75 Å². The lowest BCUT2D eigenvalue weighted by Crippen LogP contribution is -2.32. The van der Waals surface area contributed by atoms with Crippen molar-refractivity contribution in [1.82, 2.24) is 5.43 Å². The van der Waals surface area contributed by atoms with Crippen LogP contribution in [0.1, 0.15) is 18.1 Å². The van der Waals surface area contributed by atoms with Crippen molar-refractivity contribution in [2.75, 3.05) is 11.9 Å². The molecule has 0 aliphatic heterocycles. The number of amides is 2. The Balaban J connectivity index is 1.97. The third-order valence-electron chi connectivity index (χ3n) is 3.16. The summed E-state index contributed by atoms with van der Waals surface area (Å²) < 4.78 is 6.33. The van der Waals surface area contributed by atoms with Gasteiger partial charge in [-0.2, -0.15) is 5.10 Å². The van der Waals surface area contributed by atoms with Crippen LogP contribution in [-0.2, 0) is 9.59 Å². The third kappa shape index (κ3) is 5.72. The molecule has 0 aliphatic rings. The first kappa shape index (κ1) is 18.7. The molecule has 0 saturated carbocycles. The second kappa shape index (κ2) is 8.98. The zero-order valence-electron chi connectivity index (χ0n) is 13.9. The Morgan fingerprint density at radius 3 is 2.56 bits per heavy atom. The number of carbonyl (C=O) groups is 2. The van der Waals surface area contributed by atoms with Gasteiger partial charge in [-0.25, -0.2) is 5.43 Å². The van der Waals surface area contributed by atoms with Gasteiger partial charge in [0, 0.05) is 15.7 Å². The average Bonchev–Trinajstić information content (AvgIpc) is 2.59. The van der Waals surface area contributed by atoms with Gasteiger partial charge in [0.25, 0.3) is 0 Å². The van der Waals surface area contributed by atoms with Crippen molar-refractivity contribution in [3.63, 3.8) is 0 Å². The Bertz CT molecular complexity index is 789. The molecule has 0 aromatic heterocycles. The van der Waals surface area contributed by atoms with E-state index in [1.807, 2.05) is 32.0 Å². The van der Waals surface area contributed by atoms with Crippen molar-refractivity contribution in [2.24, 2.45) is 5.10 Å². The monoisotopic (exact) mass is 403 g/mol. The number of halogens is 1. The molecular formula is C18H18BrN3O3. The predicted octanol–water partition coefficient (Wildman–Crippen LogP) is 3.25. The molecule has 7 heteroatoms. The quantitative estimate of drug-likeness (QED) is 0.456. The first-order valence-corrected chi connectivity index (χ1v) is 8.42. The van der Waals surface area contributed by atoms with Gasteiger partial charge in [0.2, 0.25) is 0 Å². The molecule has 0 aliphatic carbocycles. The van der Waals surface area contributed by atoms with E-state index in [4.69, 9.17) is 4.74 Å². The van der Waals surface area contributed by atoms with Gasteiger partial charge in [0.05, 0.1) is 12.8 Å². The summed E-state index contributed by atoms with van der Waals surface area (Å²) in [7, 11) is 0. The zero-order valence-corrected chi connectivity index (χ0v) is 15.5. The molecule has 0 heterocycles. The molecule has 0 atom stereocenters. The number of hydrogen-bond acceptors (Lipinski definition) is 4.